The van der Waals surface area contributed by atoms with Crippen LogP contribution in [0.25, 0.3) is 0 Å². The van der Waals surface area contributed by atoms with E-state index in [0.29, 0.717) is 11.3 Å². The van der Waals surface area contributed by atoms with Gasteiger partial charge in [0.25, 0.3) is 0 Å². The highest BCUT2D eigenvalue weighted by Gasteiger charge is 2.06. The molecule has 0 amide bonds. The van der Waals surface area contributed by atoms with E-state index in [-0.39, 0.29) is 0 Å². The Bertz CT molecular complexity index is 311. The summed E-state index contributed by atoms with van der Waals surface area (Å²) in [7, 11) is 0. The fourth-order valence-electron chi connectivity index (χ4n) is 1.49. The molecule has 1 heterocycles. The first-order valence-corrected chi connectivity index (χ1v) is 7.41. The van der Waals surface area contributed by atoms with Gasteiger partial charge in [-0.25, -0.2) is 4.98 Å². The van der Waals surface area contributed by atoms with E-state index in [4.69, 9.17) is 0 Å². The number of hydrogen-bond donors (Lipinski definition) is 1. The molecule has 0 aliphatic rings. The zero-order valence-corrected chi connectivity index (χ0v) is 12.2. The van der Waals surface area contributed by atoms with Crippen LogP contribution in [0.4, 0.5) is 0 Å². The molecule has 0 aliphatic carbocycles. The molecule has 2 nitrogen and oxygen atoms in total. The van der Waals surface area contributed by atoms with Gasteiger partial charge in [-0.3, -0.25) is 0 Å². The smallest absolute Gasteiger partial charge is 0.0962 e. The highest BCUT2D eigenvalue weighted by Crippen LogP contribution is 2.23. The lowest BCUT2D eigenvalue weighted by molar-refractivity contribution is 0.568. The van der Waals surface area contributed by atoms with Crippen LogP contribution in [0.1, 0.15) is 52.1 Å². The van der Waals surface area contributed by atoms with Crippen molar-refractivity contribution in [2.24, 2.45) is 0 Å². The van der Waals surface area contributed by atoms with E-state index in [9.17, 15) is 0 Å². The predicted molar refractivity (Wildman–Crippen MR) is 76.6 cm³/mol. The summed E-state index contributed by atoms with van der Waals surface area (Å²) >= 11 is 1.85. The minimum atomic E-state index is 0.394. The number of rotatable bonds is 7. The van der Waals surface area contributed by atoms with Crippen LogP contribution in [-0.4, -0.2) is 16.8 Å². The molecule has 2 unspecified atom stereocenters. The van der Waals surface area contributed by atoms with Gasteiger partial charge in [0.2, 0.25) is 0 Å². The summed E-state index contributed by atoms with van der Waals surface area (Å²) in [5.41, 5.74) is 1.27. The van der Waals surface area contributed by atoms with E-state index in [2.05, 4.69) is 50.1 Å². The molecule has 0 saturated heterocycles. The largest absolute Gasteiger partial charge is 0.310 e. The van der Waals surface area contributed by atoms with Crippen molar-refractivity contribution in [2.75, 3.05) is 6.54 Å². The monoisotopic (exact) mass is 252 g/mol. The first kappa shape index (κ1) is 14.5. The van der Waals surface area contributed by atoms with Crippen LogP contribution in [0.3, 0.4) is 0 Å². The molecule has 2 atom stereocenters. The Labute approximate surface area is 110 Å². The minimum absolute atomic E-state index is 0.394. The molecule has 1 aromatic rings. The van der Waals surface area contributed by atoms with E-state index in [1.165, 1.54) is 18.4 Å². The molecule has 3 heteroatoms. The Hall–Kier alpha value is -0.540. The average molecular weight is 252 g/mol. The third-order valence-electron chi connectivity index (χ3n) is 2.86. The highest BCUT2D eigenvalue weighted by molar-refractivity contribution is 7.99. The van der Waals surface area contributed by atoms with Gasteiger partial charge >= 0.3 is 0 Å². The molecule has 0 aromatic carbocycles. The molecular formula is C14H24N2S. The van der Waals surface area contributed by atoms with Gasteiger partial charge in [0.15, 0.2) is 0 Å². The van der Waals surface area contributed by atoms with Crippen LogP contribution in [-0.2, 0) is 0 Å². The topological polar surface area (TPSA) is 24.9 Å². The Kier molecular flexibility index (Phi) is 6.60. The molecular weight excluding hydrogens is 228 g/mol. The number of nitrogens with zero attached hydrogens (tertiary/aromatic N) is 1. The van der Waals surface area contributed by atoms with Gasteiger partial charge in [-0.15, -0.1) is 11.8 Å². The number of nitrogens with one attached hydrogen (secondary N) is 1. The molecule has 0 aliphatic heterocycles. The fraction of sp³-hybridized carbons (Fsp3) is 0.643. The molecule has 1 N–H and O–H groups in total. The number of hydrogen-bond acceptors (Lipinski definition) is 3. The van der Waals surface area contributed by atoms with Crippen molar-refractivity contribution >= 4 is 11.8 Å². The van der Waals surface area contributed by atoms with Gasteiger partial charge < -0.3 is 5.32 Å². The normalized spacial score (nSPS) is 14.6. The molecule has 0 bridgehead atoms. The van der Waals surface area contributed by atoms with Gasteiger partial charge in [0.1, 0.15) is 0 Å². The Balaban J connectivity index is 2.54. The molecule has 17 heavy (non-hydrogen) atoms. The molecule has 0 radical (unpaired) electrons. The van der Waals surface area contributed by atoms with Crippen molar-refractivity contribution in [3.8, 4) is 0 Å². The lowest BCUT2D eigenvalue weighted by Gasteiger charge is -2.14. The zero-order valence-electron chi connectivity index (χ0n) is 11.4. The second kappa shape index (κ2) is 7.72. The molecule has 96 valence electrons. The highest BCUT2D eigenvalue weighted by atomic mass is 32.2. The van der Waals surface area contributed by atoms with E-state index in [0.717, 1.165) is 11.6 Å². The molecule has 0 spiro atoms. The lowest BCUT2D eigenvalue weighted by Crippen LogP contribution is -2.19. The van der Waals surface area contributed by atoms with Crippen molar-refractivity contribution in [1.82, 2.24) is 10.3 Å². The van der Waals surface area contributed by atoms with Crippen molar-refractivity contribution in [2.45, 2.75) is 56.9 Å². The summed E-state index contributed by atoms with van der Waals surface area (Å²) in [6.45, 7) is 9.89. The fourth-order valence-corrected chi connectivity index (χ4v) is 2.32. The van der Waals surface area contributed by atoms with Crippen LogP contribution in [0.2, 0.25) is 0 Å². The average Bonchev–Trinajstić information content (AvgIpc) is 2.36. The van der Waals surface area contributed by atoms with Gasteiger partial charge in [0.05, 0.1) is 5.03 Å². The van der Waals surface area contributed by atoms with Crippen molar-refractivity contribution < 1.29 is 0 Å². The summed E-state index contributed by atoms with van der Waals surface area (Å²) in [6, 6.07) is 4.71. The zero-order chi connectivity index (χ0) is 12.7. The predicted octanol–water partition coefficient (Wildman–Crippen LogP) is 4.03. The van der Waals surface area contributed by atoms with Crippen molar-refractivity contribution in [3.63, 3.8) is 0 Å². The summed E-state index contributed by atoms with van der Waals surface area (Å²) < 4.78 is 0. The van der Waals surface area contributed by atoms with E-state index in [1.54, 1.807) is 0 Å². The Morgan fingerprint density at radius 3 is 2.59 bits per heavy atom. The van der Waals surface area contributed by atoms with Crippen LogP contribution in [0, 0.1) is 0 Å². The number of thioether (sulfide) groups is 1. The van der Waals surface area contributed by atoms with E-state index < -0.39 is 0 Å². The van der Waals surface area contributed by atoms with Crippen LogP contribution >= 0.6 is 11.8 Å². The maximum Gasteiger partial charge on any atom is 0.0962 e. The number of pyridine rings is 1. The standard InChI is InChI=1S/C14H24N2S/c1-5-9-15-12(4)13-7-8-14(16-10-13)17-11(3)6-2/h7-8,10-12,15H,5-6,9H2,1-4H3. The maximum absolute atomic E-state index is 4.52. The van der Waals surface area contributed by atoms with Gasteiger partial charge in [0, 0.05) is 17.5 Å². The third kappa shape index (κ3) is 5.09. The second-order valence-corrected chi connectivity index (χ2v) is 5.90. The molecule has 0 fully saturated rings. The van der Waals surface area contributed by atoms with Gasteiger partial charge in [-0.1, -0.05) is 26.8 Å². The first-order chi connectivity index (χ1) is 8.17. The summed E-state index contributed by atoms with van der Waals surface area (Å²) in [5, 5.41) is 5.25. The van der Waals surface area contributed by atoms with E-state index in [1.807, 2.05) is 18.0 Å². The summed E-state index contributed by atoms with van der Waals surface area (Å²) in [5.74, 6) is 0. The number of aromatic nitrogens is 1. The molecule has 1 rings (SSSR count). The SMILES string of the molecule is CCCNC(C)c1ccc(SC(C)CC)nc1. The molecule has 0 saturated carbocycles. The minimum Gasteiger partial charge on any atom is -0.310 e. The summed E-state index contributed by atoms with van der Waals surface area (Å²) in [4.78, 5) is 4.52. The van der Waals surface area contributed by atoms with Crippen LogP contribution in [0.5, 0.6) is 0 Å². The second-order valence-electron chi connectivity index (χ2n) is 4.44. The van der Waals surface area contributed by atoms with Crippen molar-refractivity contribution in [3.05, 3.63) is 23.9 Å². The van der Waals surface area contributed by atoms with Crippen molar-refractivity contribution in [1.29, 1.82) is 0 Å². The van der Waals surface area contributed by atoms with Crippen LogP contribution in [0.15, 0.2) is 23.4 Å². The lowest BCUT2D eigenvalue weighted by atomic mass is 10.1. The van der Waals surface area contributed by atoms with Crippen LogP contribution < -0.4 is 5.32 Å². The molecule has 1 aromatic heterocycles. The maximum atomic E-state index is 4.52. The Morgan fingerprint density at radius 2 is 2.06 bits per heavy atom. The Morgan fingerprint density at radius 1 is 1.29 bits per heavy atom. The third-order valence-corrected chi connectivity index (χ3v) is 4.08. The first-order valence-electron chi connectivity index (χ1n) is 6.53. The van der Waals surface area contributed by atoms with Gasteiger partial charge in [-0.2, -0.15) is 0 Å². The summed E-state index contributed by atoms with van der Waals surface area (Å²) in [6.07, 6.45) is 4.35. The van der Waals surface area contributed by atoms with E-state index >= 15 is 0 Å². The quantitative estimate of drug-likeness (QED) is 0.742. The van der Waals surface area contributed by atoms with Gasteiger partial charge in [-0.05, 0) is 37.9 Å².